The molecule has 1 heterocycles. The maximum absolute atomic E-state index is 13.1. The molecule has 0 aromatic heterocycles. The second-order valence-corrected chi connectivity index (χ2v) is 6.49. The summed E-state index contributed by atoms with van der Waals surface area (Å²) in [4.78, 5) is 11.6. The Hall–Kier alpha value is -2.66. The fourth-order valence-electron chi connectivity index (χ4n) is 2.89. The van der Waals surface area contributed by atoms with Crippen molar-refractivity contribution in [2.45, 2.75) is 31.3 Å². The van der Waals surface area contributed by atoms with E-state index in [2.05, 4.69) is 5.32 Å². The number of esters is 1. The molecule has 0 amide bonds. The van der Waals surface area contributed by atoms with Gasteiger partial charge in [0.2, 0.25) is 6.29 Å². The van der Waals surface area contributed by atoms with Gasteiger partial charge in [0, 0.05) is 0 Å². The van der Waals surface area contributed by atoms with Gasteiger partial charge < -0.3 is 9.47 Å². The molecule has 162 valence electrons. The molecule has 2 atom stereocenters. The van der Waals surface area contributed by atoms with Gasteiger partial charge in [0.25, 0.3) is 0 Å². The summed E-state index contributed by atoms with van der Waals surface area (Å²) in [7, 11) is 0. The van der Waals surface area contributed by atoms with Gasteiger partial charge in [-0.05, 0) is 41.5 Å². The SMILES string of the molecule is O=C1CN[C@@H](c2ccc(F)cc2)[C@@H](OCc2cc(C(F)(F)F)cc(C(F)(F)F)c2)O1. The highest BCUT2D eigenvalue weighted by Crippen LogP contribution is 2.36. The van der Waals surface area contributed by atoms with Crippen LogP contribution < -0.4 is 5.32 Å². The fraction of sp³-hybridized carbons (Fsp3) is 0.316. The summed E-state index contributed by atoms with van der Waals surface area (Å²) in [6, 6.07) is 5.33. The average Bonchev–Trinajstić information content (AvgIpc) is 2.66. The maximum Gasteiger partial charge on any atom is 0.416 e. The van der Waals surface area contributed by atoms with Crippen molar-refractivity contribution in [1.29, 1.82) is 0 Å². The molecule has 4 nitrogen and oxygen atoms in total. The summed E-state index contributed by atoms with van der Waals surface area (Å²) in [5, 5.41) is 2.78. The van der Waals surface area contributed by atoms with Crippen LogP contribution in [-0.2, 0) is 33.2 Å². The zero-order valence-corrected chi connectivity index (χ0v) is 15.0. The van der Waals surface area contributed by atoms with Crippen LogP contribution in [0.3, 0.4) is 0 Å². The maximum atomic E-state index is 13.1. The van der Waals surface area contributed by atoms with Crippen LogP contribution in [0.2, 0.25) is 0 Å². The van der Waals surface area contributed by atoms with E-state index in [1.807, 2.05) is 0 Å². The highest BCUT2D eigenvalue weighted by Gasteiger charge is 2.37. The Morgan fingerprint density at radius 1 is 0.967 bits per heavy atom. The number of ether oxygens (including phenoxy) is 2. The number of rotatable bonds is 4. The summed E-state index contributed by atoms with van der Waals surface area (Å²) >= 11 is 0. The summed E-state index contributed by atoms with van der Waals surface area (Å²) in [5.41, 5.74) is -2.92. The number of hydrogen-bond acceptors (Lipinski definition) is 4. The fourth-order valence-corrected chi connectivity index (χ4v) is 2.89. The van der Waals surface area contributed by atoms with E-state index >= 15 is 0 Å². The van der Waals surface area contributed by atoms with Crippen LogP contribution >= 0.6 is 0 Å². The number of morpholine rings is 1. The van der Waals surface area contributed by atoms with E-state index in [1.54, 1.807) is 0 Å². The van der Waals surface area contributed by atoms with Crippen LogP contribution in [0.5, 0.6) is 0 Å². The summed E-state index contributed by atoms with van der Waals surface area (Å²) in [6.45, 7) is -0.895. The molecule has 1 fully saturated rings. The van der Waals surface area contributed by atoms with E-state index in [-0.39, 0.29) is 12.6 Å². The number of nitrogens with one attached hydrogen (secondary N) is 1. The molecule has 1 N–H and O–H groups in total. The standard InChI is InChI=1S/C19H14F7NO3/c20-14-3-1-11(2-4-14)16-17(30-15(28)8-27-16)29-9-10-5-12(18(21,22)23)7-13(6-10)19(24,25)26/h1-7,16-17,27H,8-9H2/t16-,17-/m0/s1. The van der Waals surface area contributed by atoms with E-state index in [0.717, 1.165) is 12.1 Å². The molecule has 0 spiro atoms. The highest BCUT2D eigenvalue weighted by molar-refractivity contribution is 5.72. The first-order valence-electron chi connectivity index (χ1n) is 8.52. The van der Waals surface area contributed by atoms with Gasteiger partial charge in [0.15, 0.2) is 0 Å². The summed E-state index contributed by atoms with van der Waals surface area (Å²) < 4.78 is 101. The predicted molar refractivity (Wildman–Crippen MR) is 88.3 cm³/mol. The van der Waals surface area contributed by atoms with Crippen molar-refractivity contribution in [3.8, 4) is 0 Å². The third kappa shape index (κ3) is 5.28. The van der Waals surface area contributed by atoms with Crippen LogP contribution in [0.15, 0.2) is 42.5 Å². The van der Waals surface area contributed by atoms with E-state index in [4.69, 9.17) is 9.47 Å². The van der Waals surface area contributed by atoms with Crippen LogP contribution in [-0.4, -0.2) is 18.8 Å². The first-order valence-corrected chi connectivity index (χ1v) is 8.52. The molecule has 1 saturated heterocycles. The second kappa shape index (κ2) is 8.23. The van der Waals surface area contributed by atoms with Gasteiger partial charge in [-0.15, -0.1) is 0 Å². The first-order chi connectivity index (χ1) is 13.9. The lowest BCUT2D eigenvalue weighted by atomic mass is 10.0. The molecule has 0 bridgehead atoms. The van der Waals surface area contributed by atoms with Gasteiger partial charge in [0.1, 0.15) is 5.82 Å². The van der Waals surface area contributed by atoms with Crippen LogP contribution in [0.1, 0.15) is 28.3 Å². The van der Waals surface area contributed by atoms with Crippen molar-refractivity contribution in [1.82, 2.24) is 5.32 Å². The molecule has 0 aliphatic carbocycles. The number of benzene rings is 2. The Morgan fingerprint density at radius 2 is 1.53 bits per heavy atom. The average molecular weight is 437 g/mol. The molecule has 1 aliphatic rings. The van der Waals surface area contributed by atoms with Crippen LogP contribution in [0.4, 0.5) is 30.7 Å². The van der Waals surface area contributed by atoms with Crippen molar-refractivity contribution in [2.24, 2.45) is 0 Å². The minimum atomic E-state index is -4.99. The lowest BCUT2D eigenvalue weighted by Crippen LogP contribution is -2.46. The van der Waals surface area contributed by atoms with Crippen molar-refractivity contribution in [2.75, 3.05) is 6.54 Å². The number of hydrogen-bond donors (Lipinski definition) is 1. The molecule has 0 unspecified atom stereocenters. The van der Waals surface area contributed by atoms with Gasteiger partial charge in [0.05, 0.1) is 30.3 Å². The van der Waals surface area contributed by atoms with Crippen molar-refractivity contribution >= 4 is 5.97 Å². The predicted octanol–water partition coefficient (Wildman–Crippen LogP) is 4.59. The number of halogens is 7. The summed E-state index contributed by atoms with van der Waals surface area (Å²) in [6.07, 6.45) is -11.3. The largest absolute Gasteiger partial charge is 0.433 e. The number of alkyl halides is 6. The monoisotopic (exact) mass is 437 g/mol. The summed E-state index contributed by atoms with van der Waals surface area (Å²) in [5.74, 6) is -1.24. The number of cyclic esters (lactones) is 1. The zero-order chi connectivity index (χ0) is 22.1. The van der Waals surface area contributed by atoms with E-state index in [9.17, 15) is 35.5 Å². The first kappa shape index (κ1) is 22.0. The Labute approximate surface area is 165 Å². The minimum absolute atomic E-state index is 0.00695. The zero-order valence-electron chi connectivity index (χ0n) is 15.0. The molecule has 30 heavy (non-hydrogen) atoms. The quantitative estimate of drug-likeness (QED) is 0.562. The lowest BCUT2D eigenvalue weighted by molar-refractivity contribution is -0.198. The topological polar surface area (TPSA) is 47.6 Å². The molecular formula is C19H14F7NO3. The Morgan fingerprint density at radius 3 is 2.07 bits per heavy atom. The van der Waals surface area contributed by atoms with Gasteiger partial charge in [-0.2, -0.15) is 26.3 Å². The molecule has 11 heteroatoms. The normalized spacial score (nSPS) is 20.2. The molecule has 1 aliphatic heterocycles. The van der Waals surface area contributed by atoms with Crippen molar-refractivity contribution in [3.63, 3.8) is 0 Å². The number of carbonyl (C=O) groups is 1. The van der Waals surface area contributed by atoms with Gasteiger partial charge in [-0.1, -0.05) is 12.1 Å². The minimum Gasteiger partial charge on any atom is -0.433 e. The Balaban J connectivity index is 1.84. The molecule has 0 radical (unpaired) electrons. The van der Waals surface area contributed by atoms with Crippen LogP contribution in [0, 0.1) is 5.82 Å². The Kier molecular flexibility index (Phi) is 6.04. The molecule has 2 aromatic carbocycles. The highest BCUT2D eigenvalue weighted by atomic mass is 19.4. The Bertz CT molecular complexity index is 878. The second-order valence-electron chi connectivity index (χ2n) is 6.49. The molecule has 0 saturated carbocycles. The van der Waals surface area contributed by atoms with E-state index in [0.29, 0.717) is 17.7 Å². The van der Waals surface area contributed by atoms with Crippen molar-refractivity contribution in [3.05, 3.63) is 70.5 Å². The third-order valence-corrected chi connectivity index (χ3v) is 4.28. The van der Waals surface area contributed by atoms with E-state index < -0.39 is 59.8 Å². The molecule has 2 aromatic rings. The smallest absolute Gasteiger partial charge is 0.416 e. The number of carbonyl (C=O) groups excluding carboxylic acids is 1. The van der Waals surface area contributed by atoms with Gasteiger partial charge in [-0.25, -0.2) is 4.39 Å². The van der Waals surface area contributed by atoms with Gasteiger partial charge in [-0.3, -0.25) is 10.1 Å². The molecule has 3 rings (SSSR count). The van der Waals surface area contributed by atoms with Crippen LogP contribution in [0.25, 0.3) is 0 Å². The lowest BCUT2D eigenvalue weighted by Gasteiger charge is -2.32. The van der Waals surface area contributed by atoms with E-state index in [1.165, 1.54) is 12.1 Å². The molecular weight excluding hydrogens is 423 g/mol. The van der Waals surface area contributed by atoms with Gasteiger partial charge >= 0.3 is 18.3 Å². The van der Waals surface area contributed by atoms with Crippen molar-refractivity contribution < 1.29 is 45.0 Å². The third-order valence-electron chi connectivity index (χ3n) is 4.28.